The molecule has 0 saturated heterocycles. The van der Waals surface area contributed by atoms with E-state index in [1.807, 2.05) is 6.92 Å². The molecule has 0 radical (unpaired) electrons. The van der Waals surface area contributed by atoms with Crippen molar-refractivity contribution in [3.05, 3.63) is 15.1 Å². The fourth-order valence-corrected chi connectivity index (χ4v) is 3.01. The summed E-state index contributed by atoms with van der Waals surface area (Å²) >= 11 is 2.19. The number of methoxy groups -OCH3 is 1. The third-order valence-electron chi connectivity index (χ3n) is 3.80. The number of aryl methyl sites for hydroxylation is 1. The Morgan fingerprint density at radius 1 is 1.44 bits per heavy atom. The minimum atomic E-state index is -0.346. The molecule has 100 valence electrons. The fraction of sp³-hybridized carbons (Fsp3) is 0.692. The molecule has 1 aliphatic rings. The van der Waals surface area contributed by atoms with E-state index in [1.54, 1.807) is 7.11 Å². The lowest BCUT2D eigenvalue weighted by atomic mass is 9.78. The van der Waals surface area contributed by atoms with Gasteiger partial charge in [-0.15, -0.1) is 0 Å². The highest BCUT2D eigenvalue weighted by molar-refractivity contribution is 14.1. The maximum atomic E-state index is 5.96. The molecule has 18 heavy (non-hydrogen) atoms. The maximum Gasteiger partial charge on any atom is 0.162 e. The van der Waals surface area contributed by atoms with Gasteiger partial charge in [-0.05, 0) is 54.7 Å². The number of nitrogens with two attached hydrogens (primary N) is 1. The lowest BCUT2D eigenvalue weighted by Gasteiger charge is -2.37. The van der Waals surface area contributed by atoms with E-state index in [1.165, 1.54) is 6.42 Å². The minimum absolute atomic E-state index is 0.346. The van der Waals surface area contributed by atoms with Crippen molar-refractivity contribution in [3.63, 3.8) is 0 Å². The Hall–Kier alpha value is -0.430. The predicted octanol–water partition coefficient (Wildman–Crippen LogP) is 3.02. The first kappa shape index (κ1) is 14.0. The van der Waals surface area contributed by atoms with E-state index in [4.69, 9.17) is 10.5 Å². The first-order chi connectivity index (χ1) is 8.48. The van der Waals surface area contributed by atoms with Crippen LogP contribution in [0, 0.1) is 16.4 Å². The van der Waals surface area contributed by atoms with Crippen LogP contribution in [-0.4, -0.2) is 17.1 Å². The van der Waals surface area contributed by atoms with Crippen LogP contribution in [0.4, 0.5) is 5.82 Å². The van der Waals surface area contributed by atoms with E-state index in [0.29, 0.717) is 11.7 Å². The van der Waals surface area contributed by atoms with Gasteiger partial charge < -0.3 is 10.5 Å². The number of nitrogen functional groups attached to an aromatic ring is 1. The van der Waals surface area contributed by atoms with Gasteiger partial charge >= 0.3 is 0 Å². The van der Waals surface area contributed by atoms with E-state index in [9.17, 15) is 0 Å². The maximum absolute atomic E-state index is 5.96. The molecule has 1 saturated carbocycles. The zero-order chi connectivity index (χ0) is 13.3. The SMILES string of the molecule is COC1(c2nc(C)c(I)c(N)n2)CCCC(C)C1. The van der Waals surface area contributed by atoms with Crippen LogP contribution in [0.5, 0.6) is 0 Å². The second-order valence-electron chi connectivity index (χ2n) is 5.23. The smallest absolute Gasteiger partial charge is 0.162 e. The predicted molar refractivity (Wildman–Crippen MR) is 80.2 cm³/mol. The normalized spacial score (nSPS) is 28.3. The van der Waals surface area contributed by atoms with Gasteiger partial charge in [0.25, 0.3) is 0 Å². The topological polar surface area (TPSA) is 61.0 Å². The van der Waals surface area contributed by atoms with Gasteiger partial charge in [0.15, 0.2) is 5.82 Å². The lowest BCUT2D eigenvalue weighted by molar-refractivity contribution is -0.0646. The monoisotopic (exact) mass is 361 g/mol. The van der Waals surface area contributed by atoms with Crippen LogP contribution < -0.4 is 5.73 Å². The highest BCUT2D eigenvalue weighted by Crippen LogP contribution is 2.41. The highest BCUT2D eigenvalue weighted by Gasteiger charge is 2.39. The van der Waals surface area contributed by atoms with Crippen LogP contribution in [0.25, 0.3) is 0 Å². The van der Waals surface area contributed by atoms with Gasteiger partial charge in [-0.25, -0.2) is 9.97 Å². The number of hydrogen-bond donors (Lipinski definition) is 1. The summed E-state index contributed by atoms with van der Waals surface area (Å²) in [6, 6.07) is 0. The van der Waals surface area contributed by atoms with Gasteiger partial charge in [-0.2, -0.15) is 0 Å². The third kappa shape index (κ3) is 2.47. The largest absolute Gasteiger partial charge is 0.383 e. The summed E-state index contributed by atoms with van der Waals surface area (Å²) in [5.74, 6) is 1.96. The molecule has 0 bridgehead atoms. The van der Waals surface area contributed by atoms with Crippen LogP contribution in [-0.2, 0) is 10.3 Å². The summed E-state index contributed by atoms with van der Waals surface area (Å²) in [5.41, 5.74) is 6.55. The van der Waals surface area contributed by atoms with Gasteiger partial charge in [0, 0.05) is 7.11 Å². The molecule has 1 aliphatic carbocycles. The number of rotatable bonds is 2. The van der Waals surface area contributed by atoms with E-state index in [-0.39, 0.29) is 5.60 Å². The van der Waals surface area contributed by atoms with Crippen LogP contribution in [0.2, 0.25) is 0 Å². The highest BCUT2D eigenvalue weighted by atomic mass is 127. The van der Waals surface area contributed by atoms with Gasteiger partial charge in [-0.3, -0.25) is 0 Å². The second kappa shape index (κ2) is 5.28. The second-order valence-corrected chi connectivity index (χ2v) is 6.31. The van der Waals surface area contributed by atoms with Crippen molar-refractivity contribution in [1.29, 1.82) is 0 Å². The molecule has 0 amide bonds. The molecule has 5 heteroatoms. The Bertz CT molecular complexity index is 429. The number of nitrogens with zero attached hydrogens (tertiary/aromatic N) is 2. The van der Waals surface area contributed by atoms with Crippen molar-refractivity contribution in [1.82, 2.24) is 9.97 Å². The first-order valence-corrected chi connectivity index (χ1v) is 7.41. The molecule has 0 spiro atoms. The molecule has 1 heterocycles. The summed E-state index contributed by atoms with van der Waals surface area (Å²) < 4.78 is 6.74. The standard InChI is InChI=1S/C13H20IN3O/c1-8-5-4-6-13(7-8,18-3)12-16-9(2)10(14)11(15)17-12/h8H,4-7H2,1-3H3,(H2,15,16,17). The summed E-state index contributed by atoms with van der Waals surface area (Å²) in [5, 5.41) is 0. The lowest BCUT2D eigenvalue weighted by Crippen LogP contribution is -2.36. The fourth-order valence-electron chi connectivity index (χ4n) is 2.77. The molecule has 1 fully saturated rings. The number of halogens is 1. The molecular formula is C13H20IN3O. The Balaban J connectivity index is 2.44. The summed E-state index contributed by atoms with van der Waals surface area (Å²) in [7, 11) is 1.75. The molecular weight excluding hydrogens is 341 g/mol. The van der Waals surface area contributed by atoms with Gasteiger partial charge in [-0.1, -0.05) is 13.3 Å². The van der Waals surface area contributed by atoms with Crippen molar-refractivity contribution >= 4 is 28.4 Å². The summed E-state index contributed by atoms with van der Waals surface area (Å²) in [6.07, 6.45) is 4.36. The third-order valence-corrected chi connectivity index (χ3v) is 5.13. The molecule has 1 aromatic rings. The van der Waals surface area contributed by atoms with Gasteiger partial charge in [0.1, 0.15) is 11.4 Å². The van der Waals surface area contributed by atoms with Crippen molar-refractivity contribution < 1.29 is 4.74 Å². The Kier molecular flexibility index (Phi) is 4.11. The van der Waals surface area contributed by atoms with Crippen LogP contribution >= 0.6 is 22.6 Å². The van der Waals surface area contributed by atoms with E-state index in [2.05, 4.69) is 39.5 Å². The van der Waals surface area contributed by atoms with Crippen molar-refractivity contribution in [3.8, 4) is 0 Å². The summed E-state index contributed by atoms with van der Waals surface area (Å²) in [6.45, 7) is 4.23. The Morgan fingerprint density at radius 2 is 2.17 bits per heavy atom. The molecule has 1 aromatic heterocycles. The van der Waals surface area contributed by atoms with E-state index >= 15 is 0 Å². The first-order valence-electron chi connectivity index (χ1n) is 6.34. The van der Waals surface area contributed by atoms with Gasteiger partial charge in [0.05, 0.1) is 9.26 Å². The molecule has 0 aromatic carbocycles. The zero-order valence-corrected chi connectivity index (χ0v) is 13.3. The summed E-state index contributed by atoms with van der Waals surface area (Å²) in [4.78, 5) is 9.08. The molecule has 2 rings (SSSR count). The zero-order valence-electron chi connectivity index (χ0n) is 11.2. The van der Waals surface area contributed by atoms with Crippen molar-refractivity contribution in [2.45, 2.75) is 45.1 Å². The van der Waals surface area contributed by atoms with E-state index < -0.39 is 0 Å². The quantitative estimate of drug-likeness (QED) is 0.823. The van der Waals surface area contributed by atoms with Crippen LogP contribution in [0.3, 0.4) is 0 Å². The van der Waals surface area contributed by atoms with Gasteiger partial charge in [0.2, 0.25) is 0 Å². The van der Waals surface area contributed by atoms with Crippen LogP contribution in [0.1, 0.15) is 44.1 Å². The van der Waals surface area contributed by atoms with E-state index in [0.717, 1.165) is 34.4 Å². The number of aromatic nitrogens is 2. The minimum Gasteiger partial charge on any atom is -0.383 e. The number of hydrogen-bond acceptors (Lipinski definition) is 4. The van der Waals surface area contributed by atoms with Crippen molar-refractivity contribution in [2.75, 3.05) is 12.8 Å². The molecule has 2 unspecified atom stereocenters. The molecule has 0 aliphatic heterocycles. The number of anilines is 1. The molecule has 2 atom stereocenters. The average molecular weight is 361 g/mol. The van der Waals surface area contributed by atoms with Crippen molar-refractivity contribution in [2.24, 2.45) is 5.92 Å². The molecule has 4 nitrogen and oxygen atoms in total. The Morgan fingerprint density at radius 3 is 2.72 bits per heavy atom. The average Bonchev–Trinajstić information content (AvgIpc) is 2.35. The Labute approximate surface area is 122 Å². The van der Waals surface area contributed by atoms with Crippen LogP contribution in [0.15, 0.2) is 0 Å². The number of ether oxygens (including phenoxy) is 1. The molecule has 2 N–H and O–H groups in total.